The summed E-state index contributed by atoms with van der Waals surface area (Å²) in [4.78, 5) is 11.0. The number of aliphatic hydroxyl groups is 1. The fourth-order valence-electron chi connectivity index (χ4n) is 1.46. The predicted octanol–water partition coefficient (Wildman–Crippen LogP) is 0.410. The van der Waals surface area contributed by atoms with Gasteiger partial charge in [-0.1, -0.05) is 0 Å². The number of carbonyl (C=O) groups excluding carboxylic acids is 1. The van der Waals surface area contributed by atoms with E-state index in [0.717, 1.165) is 0 Å². The van der Waals surface area contributed by atoms with E-state index in [1.54, 1.807) is 13.8 Å². The lowest BCUT2D eigenvalue weighted by molar-refractivity contribution is -0.143. The second kappa shape index (κ2) is 9.29. The third-order valence-electron chi connectivity index (χ3n) is 2.28. The summed E-state index contributed by atoms with van der Waals surface area (Å²) in [7, 11) is -3.36. The fraction of sp³-hybridized carbons (Fsp3) is 0.909. The van der Waals surface area contributed by atoms with Gasteiger partial charge in [-0.15, -0.1) is 0 Å². The van der Waals surface area contributed by atoms with Crippen LogP contribution in [0.1, 0.15) is 39.5 Å². The van der Waals surface area contributed by atoms with E-state index in [1.807, 2.05) is 0 Å². The molecule has 0 amide bonds. The molecule has 0 aliphatic carbocycles. The van der Waals surface area contributed by atoms with E-state index in [0.29, 0.717) is 19.4 Å². The minimum Gasteiger partial charge on any atom is -0.466 e. The van der Waals surface area contributed by atoms with Crippen LogP contribution in [0.25, 0.3) is 0 Å². The molecule has 0 fully saturated rings. The second-order valence-electron chi connectivity index (χ2n) is 4.11. The lowest BCUT2D eigenvalue weighted by Crippen LogP contribution is -2.34. The Labute approximate surface area is 109 Å². The molecule has 0 saturated carbocycles. The quantitative estimate of drug-likeness (QED) is 0.566. The molecular weight excluding hydrogens is 258 g/mol. The maximum absolute atomic E-state index is 11.6. The molecule has 18 heavy (non-hydrogen) atoms. The molecule has 0 spiro atoms. The lowest BCUT2D eigenvalue weighted by Gasteiger charge is -2.13. The largest absolute Gasteiger partial charge is 0.466 e. The molecule has 0 aromatic heterocycles. The lowest BCUT2D eigenvalue weighted by atomic mass is 10.2. The second-order valence-corrected chi connectivity index (χ2v) is 5.99. The molecule has 7 heteroatoms. The Balaban J connectivity index is 3.90. The highest BCUT2D eigenvalue weighted by atomic mass is 32.2. The van der Waals surface area contributed by atoms with E-state index in [2.05, 4.69) is 4.72 Å². The van der Waals surface area contributed by atoms with Crippen LogP contribution >= 0.6 is 0 Å². The normalized spacial score (nSPS) is 13.3. The molecule has 0 radical (unpaired) electrons. The van der Waals surface area contributed by atoms with Crippen LogP contribution in [0.4, 0.5) is 0 Å². The van der Waals surface area contributed by atoms with E-state index in [-0.39, 0.29) is 37.2 Å². The first kappa shape index (κ1) is 17.3. The first-order chi connectivity index (χ1) is 8.41. The van der Waals surface area contributed by atoms with Crippen LogP contribution in [0, 0.1) is 0 Å². The Hall–Kier alpha value is -0.660. The molecule has 1 atom stereocenters. The maximum atomic E-state index is 11.6. The molecule has 2 N–H and O–H groups in total. The summed E-state index contributed by atoms with van der Waals surface area (Å²) < 4.78 is 30.5. The highest BCUT2D eigenvalue weighted by Crippen LogP contribution is 2.01. The first-order valence-corrected chi connectivity index (χ1v) is 7.83. The Bertz CT molecular complexity index is 328. The van der Waals surface area contributed by atoms with Gasteiger partial charge in [0.2, 0.25) is 10.0 Å². The molecule has 0 saturated heterocycles. The van der Waals surface area contributed by atoms with Crippen molar-refractivity contribution in [3.05, 3.63) is 0 Å². The average Bonchev–Trinajstić information content (AvgIpc) is 2.25. The Morgan fingerprint density at radius 3 is 2.61 bits per heavy atom. The zero-order chi connectivity index (χ0) is 14.0. The van der Waals surface area contributed by atoms with E-state index in [9.17, 15) is 13.2 Å². The molecule has 108 valence electrons. The molecular formula is C11H23NO5S. The minimum atomic E-state index is -3.36. The standard InChI is InChI=1S/C11H23NO5S/c1-3-17-11(14)7-5-9-18(15,16)12-10(2)6-4-8-13/h10,12-13H,3-9H2,1-2H3/t10-/m0/s1. The third-order valence-corrected chi connectivity index (χ3v) is 3.86. The molecule has 6 nitrogen and oxygen atoms in total. The van der Waals surface area contributed by atoms with Crippen molar-refractivity contribution in [1.29, 1.82) is 0 Å². The zero-order valence-corrected chi connectivity index (χ0v) is 11.8. The van der Waals surface area contributed by atoms with Gasteiger partial charge in [0.15, 0.2) is 0 Å². The van der Waals surface area contributed by atoms with E-state index in [1.165, 1.54) is 0 Å². The molecule has 0 unspecified atom stereocenters. The van der Waals surface area contributed by atoms with Gasteiger partial charge in [-0.25, -0.2) is 13.1 Å². The van der Waals surface area contributed by atoms with E-state index in [4.69, 9.17) is 9.84 Å². The number of hydrogen-bond donors (Lipinski definition) is 2. The molecule has 0 bridgehead atoms. The summed E-state index contributed by atoms with van der Waals surface area (Å²) in [6, 6.07) is -0.204. The van der Waals surface area contributed by atoms with Gasteiger partial charge in [-0.2, -0.15) is 0 Å². The molecule has 0 heterocycles. The van der Waals surface area contributed by atoms with Crippen molar-refractivity contribution in [1.82, 2.24) is 4.72 Å². The van der Waals surface area contributed by atoms with Gasteiger partial charge < -0.3 is 9.84 Å². The average molecular weight is 281 g/mol. The number of aliphatic hydroxyl groups excluding tert-OH is 1. The molecule has 0 aliphatic rings. The Morgan fingerprint density at radius 1 is 1.39 bits per heavy atom. The number of hydrogen-bond acceptors (Lipinski definition) is 5. The number of sulfonamides is 1. The highest BCUT2D eigenvalue weighted by molar-refractivity contribution is 7.89. The number of esters is 1. The number of rotatable bonds is 10. The van der Waals surface area contributed by atoms with Crippen molar-refractivity contribution >= 4 is 16.0 Å². The summed E-state index contributed by atoms with van der Waals surface area (Å²) in [5.41, 5.74) is 0. The van der Waals surface area contributed by atoms with Crippen LogP contribution in [0.5, 0.6) is 0 Å². The van der Waals surface area contributed by atoms with Gasteiger partial charge in [-0.3, -0.25) is 4.79 Å². The van der Waals surface area contributed by atoms with Gasteiger partial charge in [0, 0.05) is 19.1 Å². The molecule has 0 aromatic carbocycles. The summed E-state index contributed by atoms with van der Waals surface area (Å²) >= 11 is 0. The van der Waals surface area contributed by atoms with Crippen LogP contribution in [-0.2, 0) is 19.6 Å². The van der Waals surface area contributed by atoms with Gasteiger partial charge >= 0.3 is 5.97 Å². The number of carbonyl (C=O) groups is 1. The van der Waals surface area contributed by atoms with Crippen molar-refractivity contribution < 1.29 is 23.1 Å². The van der Waals surface area contributed by atoms with Gasteiger partial charge in [-0.05, 0) is 33.1 Å². The Kier molecular flexibility index (Phi) is 8.95. The van der Waals surface area contributed by atoms with E-state index >= 15 is 0 Å². The van der Waals surface area contributed by atoms with E-state index < -0.39 is 10.0 Å². The summed E-state index contributed by atoms with van der Waals surface area (Å²) in [5, 5.41) is 8.64. The SMILES string of the molecule is CCOC(=O)CCCS(=O)(=O)N[C@@H](C)CCCO. The number of ether oxygens (including phenoxy) is 1. The van der Waals surface area contributed by atoms with Crippen molar-refractivity contribution in [2.75, 3.05) is 19.0 Å². The summed E-state index contributed by atoms with van der Waals surface area (Å²) in [5.74, 6) is -0.462. The van der Waals surface area contributed by atoms with Gasteiger partial charge in [0.05, 0.1) is 12.4 Å². The van der Waals surface area contributed by atoms with Crippen LogP contribution < -0.4 is 4.72 Å². The van der Waals surface area contributed by atoms with Crippen LogP contribution in [0.2, 0.25) is 0 Å². The van der Waals surface area contributed by atoms with Crippen molar-refractivity contribution in [2.45, 2.75) is 45.6 Å². The molecule has 0 rings (SSSR count). The maximum Gasteiger partial charge on any atom is 0.305 e. The zero-order valence-electron chi connectivity index (χ0n) is 11.0. The topological polar surface area (TPSA) is 92.7 Å². The summed E-state index contributed by atoms with van der Waals surface area (Å²) in [6.45, 7) is 3.81. The van der Waals surface area contributed by atoms with Crippen LogP contribution in [-0.4, -0.2) is 44.5 Å². The number of nitrogens with one attached hydrogen (secondary N) is 1. The van der Waals surface area contributed by atoms with Crippen molar-refractivity contribution in [3.63, 3.8) is 0 Å². The Morgan fingerprint density at radius 2 is 2.06 bits per heavy atom. The van der Waals surface area contributed by atoms with Crippen molar-refractivity contribution in [2.24, 2.45) is 0 Å². The predicted molar refractivity (Wildman–Crippen MR) is 68.6 cm³/mol. The first-order valence-electron chi connectivity index (χ1n) is 6.17. The van der Waals surface area contributed by atoms with Crippen molar-refractivity contribution in [3.8, 4) is 0 Å². The highest BCUT2D eigenvalue weighted by Gasteiger charge is 2.15. The van der Waals surface area contributed by atoms with Gasteiger partial charge in [0.25, 0.3) is 0 Å². The minimum absolute atomic E-state index is 0.0505. The molecule has 0 aliphatic heterocycles. The van der Waals surface area contributed by atoms with Crippen LogP contribution in [0.3, 0.4) is 0 Å². The smallest absolute Gasteiger partial charge is 0.305 e. The molecule has 0 aromatic rings. The fourth-order valence-corrected chi connectivity index (χ4v) is 2.83. The van der Waals surface area contributed by atoms with Gasteiger partial charge in [0.1, 0.15) is 0 Å². The monoisotopic (exact) mass is 281 g/mol. The van der Waals surface area contributed by atoms with Crippen LogP contribution in [0.15, 0.2) is 0 Å². The summed E-state index contributed by atoms with van der Waals surface area (Å²) in [6.07, 6.45) is 1.51. The third kappa shape index (κ3) is 9.38.